The van der Waals surface area contributed by atoms with Crippen LogP contribution < -0.4 is 14.8 Å². The number of thioether (sulfide) groups is 1. The van der Waals surface area contributed by atoms with E-state index in [0.717, 1.165) is 11.3 Å². The van der Waals surface area contributed by atoms with Gasteiger partial charge < -0.3 is 14.8 Å². The number of aromatic nitrogens is 4. The molecule has 2 aromatic carbocycles. The smallest absolute Gasteiger partial charge is 0.234 e. The molecule has 0 aliphatic rings. The third kappa shape index (κ3) is 5.27. The van der Waals surface area contributed by atoms with Gasteiger partial charge in [0.25, 0.3) is 0 Å². The Morgan fingerprint density at radius 1 is 1.06 bits per heavy atom. The lowest BCUT2D eigenvalue weighted by Gasteiger charge is -2.11. The molecule has 0 atom stereocenters. The molecule has 1 amide bonds. The summed E-state index contributed by atoms with van der Waals surface area (Å²) in [5.41, 5.74) is 2.24. The monoisotopic (exact) mass is 481 g/mol. The summed E-state index contributed by atoms with van der Waals surface area (Å²) in [4.78, 5) is 16.8. The van der Waals surface area contributed by atoms with Crippen LogP contribution in [0.15, 0.2) is 72.1 Å². The number of rotatable bonds is 8. The van der Waals surface area contributed by atoms with Gasteiger partial charge in [0.1, 0.15) is 0 Å². The fourth-order valence-corrected chi connectivity index (χ4v) is 3.99. The Kier molecular flexibility index (Phi) is 7.11. The minimum absolute atomic E-state index is 0.132. The number of methoxy groups -OCH3 is 2. The van der Waals surface area contributed by atoms with E-state index in [1.807, 2.05) is 28.8 Å². The molecule has 0 spiro atoms. The van der Waals surface area contributed by atoms with Gasteiger partial charge >= 0.3 is 0 Å². The van der Waals surface area contributed by atoms with E-state index in [4.69, 9.17) is 21.1 Å². The molecule has 33 heavy (non-hydrogen) atoms. The van der Waals surface area contributed by atoms with Crippen molar-refractivity contribution in [3.63, 3.8) is 0 Å². The van der Waals surface area contributed by atoms with Crippen molar-refractivity contribution >= 4 is 35.0 Å². The maximum Gasteiger partial charge on any atom is 0.234 e. The van der Waals surface area contributed by atoms with Crippen LogP contribution in [0.4, 0.5) is 5.69 Å². The van der Waals surface area contributed by atoms with Gasteiger partial charge in [0.2, 0.25) is 5.91 Å². The van der Waals surface area contributed by atoms with E-state index in [1.54, 1.807) is 56.9 Å². The SMILES string of the molecule is COc1ccc(NC(=O)CSc2nnc(-c3cccnc3)n2-c2ccc(Cl)cc2)cc1OC. The van der Waals surface area contributed by atoms with Gasteiger partial charge in [0, 0.05) is 40.4 Å². The number of nitrogens with one attached hydrogen (secondary N) is 1. The molecule has 0 radical (unpaired) electrons. The number of carbonyl (C=O) groups excluding carboxylic acids is 1. The summed E-state index contributed by atoms with van der Waals surface area (Å²) in [6.45, 7) is 0. The van der Waals surface area contributed by atoms with Crippen molar-refractivity contribution in [2.75, 3.05) is 25.3 Å². The van der Waals surface area contributed by atoms with Gasteiger partial charge in [-0.05, 0) is 48.5 Å². The summed E-state index contributed by atoms with van der Waals surface area (Å²) >= 11 is 7.34. The van der Waals surface area contributed by atoms with Crippen LogP contribution in [0.5, 0.6) is 11.5 Å². The van der Waals surface area contributed by atoms with E-state index in [-0.39, 0.29) is 11.7 Å². The topological polar surface area (TPSA) is 91.2 Å². The summed E-state index contributed by atoms with van der Waals surface area (Å²) in [6, 6.07) is 16.3. The van der Waals surface area contributed by atoms with Gasteiger partial charge in [-0.3, -0.25) is 14.3 Å². The normalized spacial score (nSPS) is 10.6. The van der Waals surface area contributed by atoms with Crippen molar-refractivity contribution in [2.24, 2.45) is 0 Å². The largest absolute Gasteiger partial charge is 0.493 e. The Balaban J connectivity index is 1.55. The van der Waals surface area contributed by atoms with Crippen molar-refractivity contribution < 1.29 is 14.3 Å². The molecule has 0 unspecified atom stereocenters. The van der Waals surface area contributed by atoms with Crippen LogP contribution in [-0.2, 0) is 4.79 Å². The molecular formula is C23H20ClN5O3S. The number of pyridine rings is 1. The van der Waals surface area contributed by atoms with Crippen LogP contribution in [0.2, 0.25) is 5.02 Å². The highest BCUT2D eigenvalue weighted by atomic mass is 35.5. The number of halogens is 1. The van der Waals surface area contributed by atoms with Gasteiger partial charge in [-0.25, -0.2) is 0 Å². The zero-order valence-corrected chi connectivity index (χ0v) is 19.4. The van der Waals surface area contributed by atoms with Crippen molar-refractivity contribution in [2.45, 2.75) is 5.16 Å². The quantitative estimate of drug-likeness (QED) is 0.364. The average molecular weight is 482 g/mol. The molecule has 4 rings (SSSR count). The average Bonchev–Trinajstić information content (AvgIpc) is 3.27. The number of nitrogens with zero attached hydrogens (tertiary/aromatic N) is 4. The van der Waals surface area contributed by atoms with Crippen LogP contribution >= 0.6 is 23.4 Å². The highest BCUT2D eigenvalue weighted by Crippen LogP contribution is 2.31. The first-order valence-corrected chi connectivity index (χ1v) is 11.2. The van der Waals surface area contributed by atoms with E-state index in [9.17, 15) is 4.79 Å². The van der Waals surface area contributed by atoms with Crippen molar-refractivity contribution in [3.8, 4) is 28.6 Å². The Bertz CT molecular complexity index is 1250. The van der Waals surface area contributed by atoms with E-state index >= 15 is 0 Å². The zero-order chi connectivity index (χ0) is 23.2. The number of hydrogen-bond acceptors (Lipinski definition) is 7. The Hall–Kier alpha value is -3.56. The van der Waals surface area contributed by atoms with Crippen LogP contribution in [0.1, 0.15) is 0 Å². The number of hydrogen-bond donors (Lipinski definition) is 1. The second kappa shape index (κ2) is 10.4. The highest BCUT2D eigenvalue weighted by Gasteiger charge is 2.18. The van der Waals surface area contributed by atoms with Gasteiger partial charge in [0.15, 0.2) is 22.5 Å². The molecule has 0 saturated carbocycles. The zero-order valence-electron chi connectivity index (χ0n) is 17.9. The summed E-state index contributed by atoms with van der Waals surface area (Å²) in [7, 11) is 3.10. The van der Waals surface area contributed by atoms with Crippen LogP contribution in [0, 0.1) is 0 Å². The molecule has 4 aromatic rings. The van der Waals surface area contributed by atoms with Crippen LogP contribution in [0.25, 0.3) is 17.1 Å². The van der Waals surface area contributed by atoms with Crippen LogP contribution in [0.3, 0.4) is 0 Å². The Morgan fingerprint density at radius 3 is 2.55 bits per heavy atom. The molecule has 0 aliphatic carbocycles. The molecule has 0 fully saturated rings. The number of anilines is 1. The molecule has 0 bridgehead atoms. The fraction of sp³-hybridized carbons (Fsp3) is 0.130. The van der Waals surface area contributed by atoms with E-state index in [1.165, 1.54) is 11.8 Å². The van der Waals surface area contributed by atoms with E-state index < -0.39 is 0 Å². The molecule has 168 valence electrons. The molecule has 10 heteroatoms. The Labute approximate surface area is 199 Å². The number of amides is 1. The van der Waals surface area contributed by atoms with Crippen molar-refractivity contribution in [1.82, 2.24) is 19.7 Å². The Morgan fingerprint density at radius 2 is 1.85 bits per heavy atom. The van der Waals surface area contributed by atoms with E-state index in [0.29, 0.717) is 33.2 Å². The highest BCUT2D eigenvalue weighted by molar-refractivity contribution is 7.99. The predicted molar refractivity (Wildman–Crippen MR) is 128 cm³/mol. The molecule has 0 aliphatic heterocycles. The lowest BCUT2D eigenvalue weighted by atomic mass is 10.2. The van der Waals surface area contributed by atoms with Crippen molar-refractivity contribution in [1.29, 1.82) is 0 Å². The molecule has 8 nitrogen and oxygen atoms in total. The maximum absolute atomic E-state index is 12.6. The predicted octanol–water partition coefficient (Wildman–Crippen LogP) is 4.73. The number of ether oxygens (including phenoxy) is 2. The molecular weight excluding hydrogens is 462 g/mol. The first-order valence-electron chi connectivity index (χ1n) is 9.85. The fourth-order valence-electron chi connectivity index (χ4n) is 3.11. The first-order chi connectivity index (χ1) is 16.1. The summed E-state index contributed by atoms with van der Waals surface area (Å²) < 4.78 is 12.4. The van der Waals surface area contributed by atoms with E-state index in [2.05, 4.69) is 20.5 Å². The molecule has 2 heterocycles. The summed E-state index contributed by atoms with van der Waals surface area (Å²) in [5, 5.41) is 12.7. The van der Waals surface area contributed by atoms with Crippen molar-refractivity contribution in [3.05, 3.63) is 72.0 Å². The maximum atomic E-state index is 12.6. The number of carbonyl (C=O) groups is 1. The molecule has 0 saturated heterocycles. The summed E-state index contributed by atoms with van der Waals surface area (Å²) in [6.07, 6.45) is 3.41. The second-order valence-electron chi connectivity index (χ2n) is 6.77. The molecule has 1 N–H and O–H groups in total. The van der Waals surface area contributed by atoms with Gasteiger partial charge in [-0.2, -0.15) is 0 Å². The van der Waals surface area contributed by atoms with Gasteiger partial charge in [-0.15, -0.1) is 10.2 Å². The minimum Gasteiger partial charge on any atom is -0.493 e. The van der Waals surface area contributed by atoms with Gasteiger partial charge in [-0.1, -0.05) is 23.4 Å². The van der Waals surface area contributed by atoms with Crippen LogP contribution in [-0.4, -0.2) is 45.6 Å². The number of benzene rings is 2. The summed E-state index contributed by atoms with van der Waals surface area (Å²) in [5.74, 6) is 1.68. The van der Waals surface area contributed by atoms with Gasteiger partial charge in [0.05, 0.1) is 20.0 Å². The standard InChI is InChI=1S/C23H20ClN5O3S/c1-31-19-10-7-17(12-20(19)32-2)26-21(30)14-33-23-28-27-22(15-4-3-11-25-13-15)29(23)18-8-5-16(24)6-9-18/h3-13H,14H2,1-2H3,(H,26,30). The molecule has 2 aromatic heterocycles. The third-order valence-corrected chi connectivity index (χ3v) is 5.82. The third-order valence-electron chi connectivity index (χ3n) is 4.64. The lowest BCUT2D eigenvalue weighted by molar-refractivity contribution is -0.113. The minimum atomic E-state index is -0.194. The lowest BCUT2D eigenvalue weighted by Crippen LogP contribution is -2.14. The first kappa shape index (κ1) is 22.6. The second-order valence-corrected chi connectivity index (χ2v) is 8.15.